The first-order chi connectivity index (χ1) is 6.63. The van der Waals surface area contributed by atoms with Crippen LogP contribution >= 0.6 is 27.5 Å². The molecule has 1 aromatic rings. The maximum atomic E-state index is 10.9. The van der Waals surface area contributed by atoms with Crippen molar-refractivity contribution in [3.05, 3.63) is 28.7 Å². The minimum Gasteiger partial charge on any atom is -0.481 e. The van der Waals surface area contributed by atoms with E-state index in [1.807, 2.05) is 19.1 Å². The van der Waals surface area contributed by atoms with Crippen molar-refractivity contribution >= 4 is 32.8 Å². The Morgan fingerprint density at radius 3 is 2.50 bits per heavy atom. The molecule has 0 radical (unpaired) electrons. The van der Waals surface area contributed by atoms with E-state index < -0.39 is 11.3 Å². The van der Waals surface area contributed by atoms with Gasteiger partial charge in [0.1, 0.15) is 5.75 Å². The van der Waals surface area contributed by atoms with Crippen LogP contribution in [0.4, 0.5) is 0 Å². The molecular weight excluding hydrogens is 267 g/mol. The van der Waals surface area contributed by atoms with Crippen molar-refractivity contribution in [2.24, 2.45) is 0 Å². The minimum atomic E-state index is -0.558. The van der Waals surface area contributed by atoms with E-state index in [0.29, 0.717) is 12.2 Å². The number of halogens is 2. The summed E-state index contributed by atoms with van der Waals surface area (Å²) in [6, 6.07) is 7.26. The molecule has 4 heteroatoms. The van der Waals surface area contributed by atoms with Crippen LogP contribution in [0.3, 0.4) is 0 Å². The number of carbonyl (C=O) groups excluding carboxylic acids is 1. The lowest BCUT2D eigenvalue weighted by atomic mass is 10.3. The first-order valence-electron chi connectivity index (χ1n) is 4.25. The molecule has 0 aliphatic carbocycles. The lowest BCUT2D eigenvalue weighted by Gasteiger charge is -2.12. The van der Waals surface area contributed by atoms with E-state index in [2.05, 4.69) is 15.9 Å². The molecule has 1 rings (SSSR count). The van der Waals surface area contributed by atoms with E-state index in [9.17, 15) is 4.79 Å². The molecule has 0 aliphatic heterocycles. The molecule has 1 unspecified atom stereocenters. The van der Waals surface area contributed by atoms with Gasteiger partial charge in [-0.15, -0.1) is 0 Å². The van der Waals surface area contributed by atoms with Crippen LogP contribution in [0.15, 0.2) is 28.7 Å². The molecule has 1 aromatic carbocycles. The summed E-state index contributed by atoms with van der Waals surface area (Å²) < 4.78 is 6.35. The Bertz CT molecular complexity index is 310. The summed E-state index contributed by atoms with van der Waals surface area (Å²) >= 11 is 8.66. The lowest BCUT2D eigenvalue weighted by Crippen LogP contribution is -2.22. The highest BCUT2D eigenvalue weighted by Gasteiger charge is 2.15. The molecule has 0 aromatic heterocycles. The fraction of sp³-hybridized carbons (Fsp3) is 0.300. The van der Waals surface area contributed by atoms with Gasteiger partial charge in [0.15, 0.2) is 6.10 Å². The third-order valence-corrected chi connectivity index (χ3v) is 2.49. The summed E-state index contributed by atoms with van der Waals surface area (Å²) in [6.07, 6.45) is 0.0103. The number of ether oxygens (including phenoxy) is 1. The summed E-state index contributed by atoms with van der Waals surface area (Å²) in [6.45, 7) is 1.85. The first-order valence-corrected chi connectivity index (χ1v) is 5.42. The fourth-order valence-electron chi connectivity index (χ4n) is 0.968. The van der Waals surface area contributed by atoms with E-state index in [1.54, 1.807) is 12.1 Å². The van der Waals surface area contributed by atoms with E-state index in [4.69, 9.17) is 16.3 Å². The predicted molar refractivity (Wildman–Crippen MR) is 59.7 cm³/mol. The Labute approximate surface area is 96.3 Å². The molecule has 0 spiro atoms. The fourth-order valence-corrected chi connectivity index (χ4v) is 1.43. The van der Waals surface area contributed by atoms with E-state index in [-0.39, 0.29) is 0 Å². The highest BCUT2D eigenvalue weighted by molar-refractivity contribution is 9.10. The second-order valence-electron chi connectivity index (χ2n) is 2.77. The molecule has 0 heterocycles. The maximum absolute atomic E-state index is 10.9. The van der Waals surface area contributed by atoms with Crippen LogP contribution in [0.2, 0.25) is 0 Å². The summed E-state index contributed by atoms with van der Waals surface area (Å²) in [5.41, 5.74) is 0. The zero-order chi connectivity index (χ0) is 10.6. The molecule has 2 nitrogen and oxygen atoms in total. The number of rotatable bonds is 4. The van der Waals surface area contributed by atoms with Crippen LogP contribution in [-0.2, 0) is 4.79 Å². The number of carbonyl (C=O) groups is 1. The molecule has 0 N–H and O–H groups in total. The van der Waals surface area contributed by atoms with Crippen LogP contribution < -0.4 is 4.74 Å². The Kier molecular flexibility index (Phi) is 4.42. The summed E-state index contributed by atoms with van der Waals surface area (Å²) in [5, 5.41) is -0.463. The second kappa shape index (κ2) is 5.37. The summed E-state index contributed by atoms with van der Waals surface area (Å²) in [5.74, 6) is 0.647. The Balaban J connectivity index is 2.67. The zero-order valence-corrected chi connectivity index (χ0v) is 10.0. The average molecular weight is 278 g/mol. The molecular formula is C10H10BrClO2. The topological polar surface area (TPSA) is 26.3 Å². The van der Waals surface area contributed by atoms with Crippen LogP contribution in [0, 0.1) is 0 Å². The number of benzene rings is 1. The Morgan fingerprint density at radius 1 is 1.50 bits per heavy atom. The van der Waals surface area contributed by atoms with Gasteiger partial charge in [-0.05, 0) is 42.3 Å². The van der Waals surface area contributed by atoms with Crippen molar-refractivity contribution in [3.8, 4) is 5.75 Å². The second-order valence-corrected chi connectivity index (χ2v) is 4.06. The van der Waals surface area contributed by atoms with Gasteiger partial charge in [0, 0.05) is 4.47 Å². The third kappa shape index (κ3) is 3.31. The van der Waals surface area contributed by atoms with Gasteiger partial charge in [-0.1, -0.05) is 22.9 Å². The standard InChI is InChI=1S/C10H10BrClO2/c1-2-9(10(12)13)14-8-5-3-7(11)4-6-8/h3-6,9H,2H2,1H3. The third-order valence-electron chi connectivity index (χ3n) is 1.72. The Morgan fingerprint density at radius 2 is 2.07 bits per heavy atom. The number of hydrogen-bond acceptors (Lipinski definition) is 2. The molecule has 0 saturated heterocycles. The molecule has 0 fully saturated rings. The van der Waals surface area contributed by atoms with Crippen LogP contribution in [0.5, 0.6) is 5.75 Å². The molecule has 14 heavy (non-hydrogen) atoms. The van der Waals surface area contributed by atoms with Gasteiger partial charge < -0.3 is 4.74 Å². The van der Waals surface area contributed by atoms with Crippen molar-refractivity contribution in [1.29, 1.82) is 0 Å². The largest absolute Gasteiger partial charge is 0.481 e. The highest BCUT2D eigenvalue weighted by Crippen LogP contribution is 2.18. The van der Waals surface area contributed by atoms with Crippen molar-refractivity contribution in [2.75, 3.05) is 0 Å². The van der Waals surface area contributed by atoms with Gasteiger partial charge in [-0.3, -0.25) is 4.79 Å². The molecule has 0 amide bonds. The smallest absolute Gasteiger partial charge is 0.262 e. The van der Waals surface area contributed by atoms with Gasteiger partial charge in [-0.25, -0.2) is 0 Å². The molecule has 76 valence electrons. The van der Waals surface area contributed by atoms with Crippen LogP contribution in [0.1, 0.15) is 13.3 Å². The Hall–Kier alpha value is -0.540. The zero-order valence-electron chi connectivity index (χ0n) is 7.67. The molecule has 0 bridgehead atoms. The molecule has 0 aliphatic rings. The maximum Gasteiger partial charge on any atom is 0.262 e. The van der Waals surface area contributed by atoms with Crippen molar-refractivity contribution in [2.45, 2.75) is 19.4 Å². The predicted octanol–water partition coefficient (Wildman–Crippen LogP) is 3.37. The normalized spacial score (nSPS) is 12.2. The quantitative estimate of drug-likeness (QED) is 0.789. The molecule has 0 saturated carbocycles. The SMILES string of the molecule is CCC(Oc1ccc(Br)cc1)C(=O)Cl. The van der Waals surface area contributed by atoms with Gasteiger partial charge >= 0.3 is 0 Å². The van der Waals surface area contributed by atoms with Gasteiger partial charge in [0.25, 0.3) is 5.24 Å². The summed E-state index contributed by atoms with van der Waals surface area (Å²) in [7, 11) is 0. The first kappa shape index (κ1) is 11.5. The summed E-state index contributed by atoms with van der Waals surface area (Å²) in [4.78, 5) is 10.9. The monoisotopic (exact) mass is 276 g/mol. The highest BCUT2D eigenvalue weighted by atomic mass is 79.9. The van der Waals surface area contributed by atoms with Crippen LogP contribution in [-0.4, -0.2) is 11.3 Å². The number of hydrogen-bond donors (Lipinski definition) is 0. The van der Waals surface area contributed by atoms with E-state index >= 15 is 0 Å². The van der Waals surface area contributed by atoms with Crippen molar-refractivity contribution in [1.82, 2.24) is 0 Å². The van der Waals surface area contributed by atoms with Crippen molar-refractivity contribution in [3.63, 3.8) is 0 Å². The van der Waals surface area contributed by atoms with Gasteiger partial charge in [0.05, 0.1) is 0 Å². The van der Waals surface area contributed by atoms with Gasteiger partial charge in [0.2, 0.25) is 0 Å². The van der Waals surface area contributed by atoms with E-state index in [1.165, 1.54) is 0 Å². The molecule has 1 atom stereocenters. The van der Waals surface area contributed by atoms with Crippen molar-refractivity contribution < 1.29 is 9.53 Å². The van der Waals surface area contributed by atoms with E-state index in [0.717, 1.165) is 4.47 Å². The minimum absolute atomic E-state index is 0.463. The van der Waals surface area contributed by atoms with Gasteiger partial charge in [-0.2, -0.15) is 0 Å². The van der Waals surface area contributed by atoms with Crippen LogP contribution in [0.25, 0.3) is 0 Å². The average Bonchev–Trinajstić information content (AvgIpc) is 2.16. The lowest BCUT2D eigenvalue weighted by molar-refractivity contribution is -0.117.